The third-order valence-corrected chi connectivity index (χ3v) is 3.25. The van der Waals surface area contributed by atoms with E-state index in [1.165, 1.54) is 5.56 Å². The normalized spacial score (nSPS) is 11.7. The lowest BCUT2D eigenvalue weighted by atomic mass is 9.86. The second-order valence-corrected chi connectivity index (χ2v) is 5.95. The molecule has 0 amide bonds. The van der Waals surface area contributed by atoms with Crippen molar-refractivity contribution in [3.63, 3.8) is 0 Å². The Morgan fingerprint density at radius 3 is 2.50 bits per heavy atom. The molecule has 2 aromatic rings. The van der Waals surface area contributed by atoms with Crippen LogP contribution in [0.15, 0.2) is 24.3 Å². The van der Waals surface area contributed by atoms with Gasteiger partial charge in [-0.1, -0.05) is 20.8 Å². The molecule has 0 saturated carbocycles. The molecule has 0 radical (unpaired) electrons. The Labute approximate surface area is 121 Å². The number of pyridine rings is 1. The highest BCUT2D eigenvalue weighted by molar-refractivity contribution is 5.83. The Morgan fingerprint density at radius 2 is 1.90 bits per heavy atom. The van der Waals surface area contributed by atoms with Crippen molar-refractivity contribution >= 4 is 16.7 Å². The van der Waals surface area contributed by atoms with Gasteiger partial charge in [0.05, 0.1) is 12.1 Å². The molecule has 0 fully saturated rings. The van der Waals surface area contributed by atoms with Gasteiger partial charge < -0.3 is 10.1 Å². The van der Waals surface area contributed by atoms with E-state index in [1.807, 2.05) is 19.1 Å². The minimum atomic E-state index is 0.0559. The van der Waals surface area contributed by atoms with Crippen LogP contribution in [0.3, 0.4) is 0 Å². The number of hydrogen-bond donors (Lipinski definition) is 1. The zero-order valence-electron chi connectivity index (χ0n) is 13.1. The molecule has 0 spiro atoms. The van der Waals surface area contributed by atoms with E-state index in [0.717, 1.165) is 29.0 Å². The highest BCUT2D eigenvalue weighted by Crippen LogP contribution is 2.32. The molecule has 1 aromatic carbocycles. The van der Waals surface area contributed by atoms with E-state index >= 15 is 0 Å². The average molecular weight is 272 g/mol. The number of hydrogen-bond acceptors (Lipinski definition) is 3. The van der Waals surface area contributed by atoms with Crippen molar-refractivity contribution in [3.8, 4) is 5.75 Å². The second kappa shape index (κ2) is 5.70. The number of ether oxygens (including phenoxy) is 1. The Bertz CT molecular complexity index is 600. The zero-order chi connectivity index (χ0) is 14.8. The van der Waals surface area contributed by atoms with E-state index in [9.17, 15) is 0 Å². The molecule has 2 rings (SSSR count). The van der Waals surface area contributed by atoms with Crippen molar-refractivity contribution in [1.29, 1.82) is 0 Å². The summed E-state index contributed by atoms with van der Waals surface area (Å²) in [5, 5.41) is 4.50. The predicted octanol–water partition coefficient (Wildman–Crippen LogP) is 4.36. The van der Waals surface area contributed by atoms with E-state index < -0.39 is 0 Å². The van der Waals surface area contributed by atoms with Gasteiger partial charge in [0.25, 0.3) is 0 Å². The number of aromatic nitrogens is 1. The Morgan fingerprint density at radius 1 is 1.15 bits per heavy atom. The van der Waals surface area contributed by atoms with Gasteiger partial charge in [0.1, 0.15) is 11.6 Å². The van der Waals surface area contributed by atoms with E-state index in [4.69, 9.17) is 9.72 Å². The summed E-state index contributed by atoms with van der Waals surface area (Å²) in [6.07, 6.45) is 0. The van der Waals surface area contributed by atoms with Crippen molar-refractivity contribution in [1.82, 2.24) is 4.98 Å². The molecule has 0 unspecified atom stereocenters. The van der Waals surface area contributed by atoms with Gasteiger partial charge in [-0.2, -0.15) is 0 Å². The summed E-state index contributed by atoms with van der Waals surface area (Å²) in [4.78, 5) is 4.77. The van der Waals surface area contributed by atoms with Gasteiger partial charge in [-0.25, -0.2) is 4.98 Å². The lowest BCUT2D eigenvalue weighted by molar-refractivity contribution is 0.340. The minimum Gasteiger partial charge on any atom is -0.494 e. The Hall–Kier alpha value is -1.77. The first-order valence-corrected chi connectivity index (χ1v) is 7.27. The number of rotatable bonds is 4. The molecule has 20 heavy (non-hydrogen) atoms. The highest BCUT2D eigenvalue weighted by Gasteiger charge is 2.19. The summed E-state index contributed by atoms with van der Waals surface area (Å²) in [7, 11) is 0. The smallest absolute Gasteiger partial charge is 0.130 e. The second-order valence-electron chi connectivity index (χ2n) is 5.95. The average Bonchev–Trinajstić information content (AvgIpc) is 2.38. The molecular weight excluding hydrogens is 248 g/mol. The van der Waals surface area contributed by atoms with Crippen molar-refractivity contribution < 1.29 is 4.74 Å². The molecule has 108 valence electrons. The van der Waals surface area contributed by atoms with E-state index in [1.54, 1.807) is 0 Å². The molecule has 0 atom stereocenters. The summed E-state index contributed by atoms with van der Waals surface area (Å²) in [5.74, 6) is 1.88. The number of nitrogens with one attached hydrogen (secondary N) is 1. The zero-order valence-corrected chi connectivity index (χ0v) is 13.1. The Balaban J connectivity index is 2.59. The first-order chi connectivity index (χ1) is 9.45. The van der Waals surface area contributed by atoms with Gasteiger partial charge in [0.2, 0.25) is 0 Å². The monoisotopic (exact) mass is 272 g/mol. The molecule has 1 heterocycles. The fourth-order valence-corrected chi connectivity index (χ4v) is 2.28. The van der Waals surface area contributed by atoms with Gasteiger partial charge in [-0.15, -0.1) is 0 Å². The largest absolute Gasteiger partial charge is 0.494 e. The third kappa shape index (κ3) is 3.03. The minimum absolute atomic E-state index is 0.0559. The molecule has 3 nitrogen and oxygen atoms in total. The quantitative estimate of drug-likeness (QED) is 0.897. The third-order valence-electron chi connectivity index (χ3n) is 3.25. The van der Waals surface area contributed by atoms with Gasteiger partial charge in [-0.3, -0.25) is 0 Å². The van der Waals surface area contributed by atoms with E-state index in [0.29, 0.717) is 6.61 Å². The lowest BCUT2D eigenvalue weighted by Gasteiger charge is -2.23. The lowest BCUT2D eigenvalue weighted by Crippen LogP contribution is -2.16. The van der Waals surface area contributed by atoms with Crippen LogP contribution in [0.4, 0.5) is 5.82 Å². The van der Waals surface area contributed by atoms with Gasteiger partial charge in [0, 0.05) is 17.5 Å². The predicted molar refractivity (Wildman–Crippen MR) is 85.8 cm³/mol. The molecule has 0 bridgehead atoms. The molecule has 3 heteroatoms. The van der Waals surface area contributed by atoms with Crippen molar-refractivity contribution in [3.05, 3.63) is 29.8 Å². The molecule has 0 aliphatic rings. The standard InChI is InChI=1S/C17H24N2O/c1-6-18-16-14(17(3,4)5)11-12-10-13(20-7-2)8-9-15(12)19-16/h8-11H,6-7H2,1-5H3,(H,18,19). The maximum atomic E-state index is 5.57. The van der Waals surface area contributed by atoms with Crippen LogP contribution < -0.4 is 10.1 Å². The van der Waals surface area contributed by atoms with Crippen molar-refractivity contribution in [2.75, 3.05) is 18.5 Å². The number of benzene rings is 1. The molecule has 0 aliphatic heterocycles. The van der Waals surface area contributed by atoms with Crippen LogP contribution in [0.25, 0.3) is 10.9 Å². The van der Waals surface area contributed by atoms with Gasteiger partial charge in [0.15, 0.2) is 0 Å². The van der Waals surface area contributed by atoms with Crippen LogP contribution in [0, 0.1) is 0 Å². The number of anilines is 1. The Kier molecular flexibility index (Phi) is 4.17. The molecule has 0 saturated heterocycles. The highest BCUT2D eigenvalue weighted by atomic mass is 16.5. The van der Waals surface area contributed by atoms with Gasteiger partial charge in [-0.05, 0) is 43.5 Å². The van der Waals surface area contributed by atoms with Crippen LogP contribution in [-0.2, 0) is 5.41 Å². The van der Waals surface area contributed by atoms with Crippen LogP contribution in [0.1, 0.15) is 40.2 Å². The molecular formula is C17H24N2O. The molecule has 0 aliphatic carbocycles. The van der Waals surface area contributed by atoms with Crippen LogP contribution in [-0.4, -0.2) is 18.1 Å². The maximum absolute atomic E-state index is 5.57. The first kappa shape index (κ1) is 14.6. The van der Waals surface area contributed by atoms with Gasteiger partial charge >= 0.3 is 0 Å². The SMILES string of the molecule is CCNc1nc2ccc(OCC)cc2cc1C(C)(C)C. The van der Waals surface area contributed by atoms with Crippen molar-refractivity contribution in [2.24, 2.45) is 0 Å². The van der Waals surface area contributed by atoms with E-state index in [2.05, 4.69) is 45.1 Å². The fourth-order valence-electron chi connectivity index (χ4n) is 2.28. The first-order valence-electron chi connectivity index (χ1n) is 7.27. The molecule has 1 N–H and O–H groups in total. The van der Waals surface area contributed by atoms with Crippen LogP contribution in [0.2, 0.25) is 0 Å². The number of nitrogens with zero attached hydrogens (tertiary/aromatic N) is 1. The maximum Gasteiger partial charge on any atom is 0.130 e. The summed E-state index contributed by atoms with van der Waals surface area (Å²) in [6, 6.07) is 8.29. The topological polar surface area (TPSA) is 34.2 Å². The number of fused-ring (bicyclic) bond motifs is 1. The summed E-state index contributed by atoms with van der Waals surface area (Å²) in [6.45, 7) is 12.3. The summed E-state index contributed by atoms with van der Waals surface area (Å²) >= 11 is 0. The van der Waals surface area contributed by atoms with Crippen LogP contribution >= 0.6 is 0 Å². The molecule has 1 aromatic heterocycles. The summed E-state index contributed by atoms with van der Waals surface area (Å²) in [5.41, 5.74) is 2.29. The van der Waals surface area contributed by atoms with E-state index in [-0.39, 0.29) is 5.41 Å². The summed E-state index contributed by atoms with van der Waals surface area (Å²) < 4.78 is 5.57. The fraction of sp³-hybridized carbons (Fsp3) is 0.471. The van der Waals surface area contributed by atoms with Crippen molar-refractivity contribution in [2.45, 2.75) is 40.0 Å². The van der Waals surface area contributed by atoms with Crippen LogP contribution in [0.5, 0.6) is 5.75 Å².